The average Bonchev–Trinajstić information content (AvgIpc) is 2.65. The Bertz CT molecular complexity index is 678. The van der Waals surface area contributed by atoms with Gasteiger partial charge in [-0.1, -0.05) is 0 Å². The zero-order valence-corrected chi connectivity index (χ0v) is 11.9. The Balaban J connectivity index is 2.27. The number of aliphatic carboxylic acids is 1. The number of aromatic nitrogens is 3. The average molecular weight is 297 g/mol. The molecule has 2 heterocycles. The molecule has 100 valence electrons. The van der Waals surface area contributed by atoms with Gasteiger partial charge < -0.3 is 9.67 Å². The Hall–Kier alpha value is -1.67. The van der Waals surface area contributed by atoms with Gasteiger partial charge in [-0.05, 0) is 18.7 Å². The topological polar surface area (TPSA) is 85.1 Å². The van der Waals surface area contributed by atoms with Gasteiger partial charge in [0.2, 0.25) is 0 Å². The summed E-state index contributed by atoms with van der Waals surface area (Å²) in [7, 11) is 1.65. The smallest absolute Gasteiger partial charge is 0.308 e. The summed E-state index contributed by atoms with van der Waals surface area (Å²) in [6, 6.07) is 0. The molecule has 0 saturated carbocycles. The summed E-state index contributed by atoms with van der Waals surface area (Å²) in [6.45, 7) is 1.76. The van der Waals surface area contributed by atoms with E-state index in [1.807, 2.05) is 0 Å². The van der Waals surface area contributed by atoms with Crippen molar-refractivity contribution in [1.82, 2.24) is 14.5 Å². The molecule has 6 nitrogen and oxygen atoms in total. The van der Waals surface area contributed by atoms with E-state index in [0.29, 0.717) is 19.9 Å². The SMILES string of the molecule is Cc1nc(Sc2nccn(C)c2=O)sc1CC(=O)O. The number of carbonyl (C=O) groups is 1. The van der Waals surface area contributed by atoms with Gasteiger partial charge in [0.1, 0.15) is 0 Å². The Morgan fingerprint density at radius 2 is 2.32 bits per heavy atom. The molecular weight excluding hydrogens is 286 g/mol. The first-order chi connectivity index (χ1) is 8.97. The standard InChI is InChI=1S/C11H11N3O3S2/c1-6-7(5-8(15)16)18-11(13-6)19-9-10(17)14(2)4-3-12-9/h3-4H,5H2,1-2H3,(H,15,16). The van der Waals surface area contributed by atoms with Crippen molar-refractivity contribution >= 4 is 29.1 Å². The van der Waals surface area contributed by atoms with Gasteiger partial charge in [0.05, 0.1) is 12.1 Å². The van der Waals surface area contributed by atoms with Crippen molar-refractivity contribution < 1.29 is 9.90 Å². The number of rotatable bonds is 4. The van der Waals surface area contributed by atoms with Gasteiger partial charge in [-0.2, -0.15) is 0 Å². The Kier molecular flexibility index (Phi) is 4.01. The maximum atomic E-state index is 11.8. The van der Waals surface area contributed by atoms with E-state index in [4.69, 9.17) is 5.11 Å². The van der Waals surface area contributed by atoms with E-state index < -0.39 is 5.97 Å². The van der Waals surface area contributed by atoms with E-state index in [1.54, 1.807) is 26.4 Å². The van der Waals surface area contributed by atoms with E-state index in [1.165, 1.54) is 15.9 Å². The zero-order chi connectivity index (χ0) is 14.0. The van der Waals surface area contributed by atoms with Crippen molar-refractivity contribution in [3.8, 4) is 0 Å². The summed E-state index contributed by atoms with van der Waals surface area (Å²) < 4.78 is 2.07. The Morgan fingerprint density at radius 1 is 1.58 bits per heavy atom. The Morgan fingerprint density at radius 3 is 3.00 bits per heavy atom. The third kappa shape index (κ3) is 3.21. The molecule has 2 rings (SSSR count). The molecule has 0 radical (unpaired) electrons. The van der Waals surface area contributed by atoms with Gasteiger partial charge in [0.25, 0.3) is 5.56 Å². The second-order valence-corrected chi connectivity index (χ2v) is 6.13. The molecule has 0 aliphatic rings. The number of carboxylic acids is 1. The first-order valence-electron chi connectivity index (χ1n) is 5.35. The minimum Gasteiger partial charge on any atom is -0.481 e. The van der Waals surface area contributed by atoms with E-state index in [-0.39, 0.29) is 12.0 Å². The van der Waals surface area contributed by atoms with Crippen molar-refractivity contribution in [3.05, 3.63) is 33.3 Å². The first-order valence-corrected chi connectivity index (χ1v) is 6.98. The van der Waals surface area contributed by atoms with Gasteiger partial charge in [-0.15, -0.1) is 11.3 Å². The lowest BCUT2D eigenvalue weighted by atomic mass is 10.3. The number of thiazole rings is 1. The highest BCUT2D eigenvalue weighted by molar-refractivity contribution is 8.01. The summed E-state index contributed by atoms with van der Waals surface area (Å²) >= 11 is 2.44. The molecule has 2 aromatic rings. The van der Waals surface area contributed by atoms with Crippen molar-refractivity contribution in [2.75, 3.05) is 0 Å². The largest absolute Gasteiger partial charge is 0.481 e. The molecule has 0 fully saturated rings. The molecule has 0 saturated heterocycles. The molecule has 0 unspecified atom stereocenters. The van der Waals surface area contributed by atoms with Crippen LogP contribution in [0.3, 0.4) is 0 Å². The lowest BCUT2D eigenvalue weighted by molar-refractivity contribution is -0.136. The lowest BCUT2D eigenvalue weighted by Gasteiger charge is -1.98. The van der Waals surface area contributed by atoms with Crippen LogP contribution in [0.2, 0.25) is 0 Å². The minimum absolute atomic E-state index is 0.0513. The van der Waals surface area contributed by atoms with Crippen LogP contribution in [0.4, 0.5) is 0 Å². The van der Waals surface area contributed by atoms with E-state index in [2.05, 4.69) is 9.97 Å². The highest BCUT2D eigenvalue weighted by Gasteiger charge is 2.14. The van der Waals surface area contributed by atoms with Crippen LogP contribution < -0.4 is 5.56 Å². The molecule has 1 N–H and O–H groups in total. The van der Waals surface area contributed by atoms with Crippen molar-refractivity contribution in [1.29, 1.82) is 0 Å². The van der Waals surface area contributed by atoms with Gasteiger partial charge in [0, 0.05) is 24.3 Å². The number of hydrogen-bond donors (Lipinski definition) is 1. The summed E-state index contributed by atoms with van der Waals surface area (Å²) in [5.74, 6) is -0.892. The van der Waals surface area contributed by atoms with Crippen LogP contribution in [0.25, 0.3) is 0 Å². The van der Waals surface area contributed by atoms with Gasteiger partial charge in [-0.25, -0.2) is 9.97 Å². The molecule has 0 bridgehead atoms. The predicted molar refractivity (Wildman–Crippen MR) is 71.8 cm³/mol. The van der Waals surface area contributed by atoms with E-state index in [9.17, 15) is 9.59 Å². The quantitative estimate of drug-likeness (QED) is 0.916. The molecule has 0 amide bonds. The molecule has 0 spiro atoms. The second-order valence-electron chi connectivity index (χ2n) is 3.81. The van der Waals surface area contributed by atoms with Crippen LogP contribution in [0.1, 0.15) is 10.6 Å². The zero-order valence-electron chi connectivity index (χ0n) is 10.3. The third-order valence-electron chi connectivity index (χ3n) is 2.35. The van der Waals surface area contributed by atoms with Gasteiger partial charge in [-0.3, -0.25) is 9.59 Å². The van der Waals surface area contributed by atoms with Crippen molar-refractivity contribution in [2.24, 2.45) is 7.05 Å². The molecule has 0 atom stereocenters. The van der Waals surface area contributed by atoms with Crippen LogP contribution in [0.5, 0.6) is 0 Å². The van der Waals surface area contributed by atoms with Gasteiger partial charge >= 0.3 is 5.97 Å². The summed E-state index contributed by atoms with van der Waals surface area (Å²) in [5.41, 5.74) is 0.489. The molecular formula is C11H11N3O3S2. The Labute approximate surface area is 117 Å². The predicted octanol–water partition coefficient (Wildman–Crippen LogP) is 1.32. The fourth-order valence-corrected chi connectivity index (χ4v) is 3.55. The number of carboxylic acid groups (broad SMARTS) is 1. The molecule has 2 aromatic heterocycles. The van der Waals surface area contributed by atoms with E-state index >= 15 is 0 Å². The molecule has 0 aromatic carbocycles. The summed E-state index contributed by atoms with van der Waals surface area (Å²) in [4.78, 5) is 31.5. The molecule has 0 aliphatic carbocycles. The van der Waals surface area contributed by atoms with Crippen LogP contribution in [0, 0.1) is 6.92 Å². The van der Waals surface area contributed by atoms with Crippen LogP contribution in [0.15, 0.2) is 26.6 Å². The molecule has 8 heteroatoms. The number of nitrogens with zero attached hydrogens (tertiary/aromatic N) is 3. The maximum Gasteiger partial charge on any atom is 0.308 e. The highest BCUT2D eigenvalue weighted by atomic mass is 32.2. The van der Waals surface area contributed by atoms with E-state index in [0.717, 1.165) is 11.8 Å². The third-order valence-corrected chi connectivity index (χ3v) is 4.55. The van der Waals surface area contributed by atoms with Crippen LogP contribution in [-0.2, 0) is 18.3 Å². The van der Waals surface area contributed by atoms with Crippen LogP contribution >= 0.6 is 23.1 Å². The van der Waals surface area contributed by atoms with Gasteiger partial charge in [0.15, 0.2) is 9.37 Å². The number of aryl methyl sites for hydroxylation is 2. The fourth-order valence-electron chi connectivity index (χ4n) is 1.37. The second kappa shape index (κ2) is 5.54. The normalized spacial score (nSPS) is 10.6. The van der Waals surface area contributed by atoms with Crippen LogP contribution in [-0.4, -0.2) is 25.6 Å². The fraction of sp³-hybridized carbons (Fsp3) is 0.273. The van der Waals surface area contributed by atoms with Crippen molar-refractivity contribution in [2.45, 2.75) is 22.7 Å². The molecule has 0 aliphatic heterocycles. The molecule has 19 heavy (non-hydrogen) atoms. The minimum atomic E-state index is -0.892. The highest BCUT2D eigenvalue weighted by Crippen LogP contribution is 2.30. The van der Waals surface area contributed by atoms with Crippen molar-refractivity contribution in [3.63, 3.8) is 0 Å². The first kappa shape index (κ1) is 13.8. The summed E-state index contributed by atoms with van der Waals surface area (Å²) in [5, 5.41) is 9.11. The summed E-state index contributed by atoms with van der Waals surface area (Å²) in [6.07, 6.45) is 3.07. The lowest BCUT2D eigenvalue weighted by Crippen LogP contribution is -2.18. The monoisotopic (exact) mass is 297 g/mol. The maximum absolute atomic E-state index is 11.8. The number of hydrogen-bond acceptors (Lipinski definition) is 6.